The second-order valence-electron chi connectivity index (χ2n) is 10.5. The van der Waals surface area contributed by atoms with Gasteiger partial charge in [0.25, 0.3) is 0 Å². The molecule has 3 aliphatic rings. The summed E-state index contributed by atoms with van der Waals surface area (Å²) in [6.07, 6.45) is 4.73. The molecule has 0 aromatic heterocycles. The average molecular weight is 490 g/mol. The largest absolute Gasteiger partial charge is 0.342 e. The highest BCUT2D eigenvalue weighted by Gasteiger charge is 2.36. The van der Waals surface area contributed by atoms with Crippen LogP contribution in [0.25, 0.3) is 0 Å². The first kappa shape index (κ1) is 25.2. The molecule has 3 fully saturated rings. The lowest BCUT2D eigenvalue weighted by atomic mass is 9.91. The number of nitrogens with zero attached hydrogens (tertiary/aromatic N) is 3. The number of carbonyl (C=O) groups is 2. The fourth-order valence-corrected chi connectivity index (χ4v) is 7.01. The zero-order chi connectivity index (χ0) is 24.5. The number of hydrogen-bond acceptors (Lipinski definition) is 4. The van der Waals surface area contributed by atoms with Gasteiger partial charge in [0.15, 0.2) is 0 Å². The summed E-state index contributed by atoms with van der Waals surface area (Å²) >= 11 is 0. The van der Waals surface area contributed by atoms with Crippen molar-refractivity contribution in [2.75, 3.05) is 39.3 Å². The summed E-state index contributed by atoms with van der Waals surface area (Å²) in [4.78, 5) is 30.3. The molecular weight excluding hydrogens is 450 g/mol. The molecule has 8 heteroatoms. The summed E-state index contributed by atoms with van der Waals surface area (Å²) < 4.78 is 27.7. The Morgan fingerprint density at radius 2 is 1.21 bits per heavy atom. The van der Waals surface area contributed by atoms with Crippen molar-refractivity contribution < 1.29 is 18.0 Å². The number of likely N-dealkylation sites (tertiary alicyclic amines) is 2. The molecule has 0 N–H and O–H groups in total. The Kier molecular flexibility index (Phi) is 7.67. The number of aryl methyl sites for hydroxylation is 2. The van der Waals surface area contributed by atoms with Gasteiger partial charge in [-0.3, -0.25) is 9.59 Å². The number of sulfonamides is 1. The molecule has 2 amide bonds. The van der Waals surface area contributed by atoms with Gasteiger partial charge in [-0.25, -0.2) is 8.42 Å². The van der Waals surface area contributed by atoms with Crippen LogP contribution >= 0.6 is 0 Å². The standard InChI is InChI=1S/C26H39N3O4S/c1-19-6-12-27(13-7-19)25(30)22-8-14-28(15-9-22)26(31)23-10-16-29(17-11-23)34(32,33)24-5-4-20(2)21(3)18-24/h4-5,18-19,22-23H,6-17H2,1-3H3. The fourth-order valence-electron chi connectivity index (χ4n) is 5.46. The van der Waals surface area contributed by atoms with Crippen molar-refractivity contribution in [1.29, 1.82) is 0 Å². The van der Waals surface area contributed by atoms with Gasteiger partial charge in [-0.2, -0.15) is 4.31 Å². The molecule has 3 aliphatic heterocycles. The van der Waals surface area contributed by atoms with Gasteiger partial charge in [-0.1, -0.05) is 13.0 Å². The van der Waals surface area contributed by atoms with E-state index in [0.717, 1.165) is 49.9 Å². The summed E-state index contributed by atoms with van der Waals surface area (Å²) in [6.45, 7) is 9.85. The summed E-state index contributed by atoms with van der Waals surface area (Å²) in [6, 6.07) is 5.25. The summed E-state index contributed by atoms with van der Waals surface area (Å²) in [5.74, 6) is 0.986. The third-order valence-corrected chi connectivity index (χ3v) is 10.1. The van der Waals surface area contributed by atoms with Crippen LogP contribution < -0.4 is 0 Å². The Hall–Kier alpha value is -1.93. The molecule has 1 aromatic rings. The average Bonchev–Trinajstić information content (AvgIpc) is 2.85. The summed E-state index contributed by atoms with van der Waals surface area (Å²) in [7, 11) is -3.54. The predicted octanol–water partition coefficient (Wildman–Crippen LogP) is 3.20. The highest BCUT2D eigenvalue weighted by molar-refractivity contribution is 7.89. The Morgan fingerprint density at radius 1 is 0.735 bits per heavy atom. The van der Waals surface area contributed by atoms with Gasteiger partial charge >= 0.3 is 0 Å². The lowest BCUT2D eigenvalue weighted by Crippen LogP contribution is -2.49. The number of carbonyl (C=O) groups excluding carboxylic acids is 2. The predicted molar refractivity (Wildman–Crippen MR) is 132 cm³/mol. The molecule has 7 nitrogen and oxygen atoms in total. The maximum absolute atomic E-state index is 13.1. The maximum Gasteiger partial charge on any atom is 0.243 e. The molecule has 1 aromatic carbocycles. The monoisotopic (exact) mass is 489 g/mol. The highest BCUT2D eigenvalue weighted by Crippen LogP contribution is 2.29. The van der Waals surface area contributed by atoms with Crippen molar-refractivity contribution in [3.8, 4) is 0 Å². The van der Waals surface area contributed by atoms with Crippen LogP contribution in [0.15, 0.2) is 23.1 Å². The molecule has 0 bridgehead atoms. The molecule has 0 atom stereocenters. The van der Waals surface area contributed by atoms with Crippen molar-refractivity contribution >= 4 is 21.8 Å². The molecule has 3 heterocycles. The Morgan fingerprint density at radius 3 is 1.71 bits per heavy atom. The Bertz CT molecular complexity index is 1000. The van der Waals surface area contributed by atoms with Crippen LogP contribution in [-0.2, 0) is 19.6 Å². The fraction of sp³-hybridized carbons (Fsp3) is 0.692. The Labute approximate surface area is 204 Å². The van der Waals surface area contributed by atoms with Crippen LogP contribution in [0.4, 0.5) is 0 Å². The third-order valence-electron chi connectivity index (χ3n) is 8.17. The quantitative estimate of drug-likeness (QED) is 0.651. The lowest BCUT2D eigenvalue weighted by molar-refractivity contribution is -0.144. The van der Waals surface area contributed by atoms with Crippen LogP contribution in [0.2, 0.25) is 0 Å². The number of rotatable bonds is 4. The second kappa shape index (κ2) is 10.4. The van der Waals surface area contributed by atoms with Crippen LogP contribution in [-0.4, -0.2) is 73.6 Å². The zero-order valence-corrected chi connectivity index (χ0v) is 21.6. The van der Waals surface area contributed by atoms with Crippen LogP contribution in [0.1, 0.15) is 56.6 Å². The van der Waals surface area contributed by atoms with Crippen molar-refractivity contribution in [2.24, 2.45) is 17.8 Å². The molecule has 4 rings (SSSR count). The first-order valence-electron chi connectivity index (χ1n) is 12.8. The minimum absolute atomic E-state index is 0.0300. The van der Waals surface area contributed by atoms with Crippen LogP contribution in [0, 0.1) is 31.6 Å². The first-order chi connectivity index (χ1) is 16.2. The topological polar surface area (TPSA) is 78.0 Å². The molecule has 188 valence electrons. The van der Waals surface area contributed by atoms with Gasteiger partial charge in [0, 0.05) is 51.1 Å². The smallest absolute Gasteiger partial charge is 0.243 e. The van der Waals surface area contributed by atoms with E-state index >= 15 is 0 Å². The van der Waals surface area contributed by atoms with E-state index in [1.54, 1.807) is 12.1 Å². The van der Waals surface area contributed by atoms with Gasteiger partial charge in [-0.15, -0.1) is 0 Å². The van der Waals surface area contributed by atoms with Gasteiger partial charge in [-0.05, 0) is 81.5 Å². The first-order valence-corrected chi connectivity index (χ1v) is 14.3. The molecule has 3 saturated heterocycles. The second-order valence-corrected chi connectivity index (χ2v) is 12.5. The lowest BCUT2D eigenvalue weighted by Gasteiger charge is -2.38. The normalized spacial score (nSPS) is 22.2. The number of benzene rings is 1. The Balaban J connectivity index is 1.27. The van der Waals surface area contributed by atoms with Gasteiger partial charge in [0.1, 0.15) is 0 Å². The van der Waals surface area contributed by atoms with E-state index in [4.69, 9.17) is 0 Å². The molecule has 34 heavy (non-hydrogen) atoms. The molecule has 0 saturated carbocycles. The van der Waals surface area contributed by atoms with E-state index in [9.17, 15) is 18.0 Å². The van der Waals surface area contributed by atoms with Crippen LogP contribution in [0.5, 0.6) is 0 Å². The van der Waals surface area contributed by atoms with Gasteiger partial charge < -0.3 is 9.80 Å². The van der Waals surface area contributed by atoms with E-state index in [1.807, 2.05) is 29.7 Å². The zero-order valence-electron chi connectivity index (χ0n) is 20.8. The molecule has 0 radical (unpaired) electrons. The molecular formula is C26H39N3O4S. The summed E-state index contributed by atoms with van der Waals surface area (Å²) in [5.41, 5.74) is 2.03. The van der Waals surface area contributed by atoms with E-state index < -0.39 is 10.0 Å². The van der Waals surface area contributed by atoms with E-state index in [2.05, 4.69) is 6.92 Å². The van der Waals surface area contributed by atoms with E-state index in [1.165, 1.54) is 4.31 Å². The SMILES string of the molecule is Cc1ccc(S(=O)(=O)N2CCC(C(=O)N3CCC(C(=O)N4CCC(C)CC4)CC3)CC2)cc1C. The van der Waals surface area contributed by atoms with Crippen molar-refractivity contribution in [3.63, 3.8) is 0 Å². The molecule has 0 unspecified atom stereocenters. The number of amides is 2. The number of hydrogen-bond donors (Lipinski definition) is 0. The maximum atomic E-state index is 13.1. The summed E-state index contributed by atoms with van der Waals surface area (Å²) in [5, 5.41) is 0. The number of piperidine rings is 3. The van der Waals surface area contributed by atoms with Crippen LogP contribution in [0.3, 0.4) is 0 Å². The minimum Gasteiger partial charge on any atom is -0.342 e. The van der Waals surface area contributed by atoms with Gasteiger partial charge in [0.05, 0.1) is 4.90 Å². The van der Waals surface area contributed by atoms with Crippen molar-refractivity contribution in [3.05, 3.63) is 29.3 Å². The van der Waals surface area contributed by atoms with Gasteiger partial charge in [0.2, 0.25) is 21.8 Å². The molecule has 0 aliphatic carbocycles. The highest BCUT2D eigenvalue weighted by atomic mass is 32.2. The van der Waals surface area contributed by atoms with Crippen molar-refractivity contribution in [1.82, 2.24) is 14.1 Å². The van der Waals surface area contributed by atoms with E-state index in [-0.39, 0.29) is 23.7 Å². The third kappa shape index (κ3) is 5.33. The minimum atomic E-state index is -3.54. The van der Waals surface area contributed by atoms with E-state index in [0.29, 0.717) is 49.8 Å². The van der Waals surface area contributed by atoms with Crippen molar-refractivity contribution in [2.45, 2.75) is 64.2 Å². The molecule has 0 spiro atoms.